The number of carbonyl (C=O) groups excluding carboxylic acids is 2. The van der Waals surface area contributed by atoms with Crippen molar-refractivity contribution in [3.05, 3.63) is 70.3 Å². The molecule has 3 aromatic rings. The Kier molecular flexibility index (Phi) is 7.16. The second-order valence-electron chi connectivity index (χ2n) is 8.58. The molecule has 9 nitrogen and oxygen atoms in total. The van der Waals surface area contributed by atoms with Gasteiger partial charge in [-0.15, -0.1) is 10.2 Å². The number of aromatic nitrogens is 3. The lowest BCUT2D eigenvalue weighted by molar-refractivity contribution is -0.124. The fraction of sp³-hybridized carbons (Fsp3) is 0.320. The van der Waals surface area contributed by atoms with Crippen molar-refractivity contribution in [3.8, 4) is 11.4 Å². The molecule has 0 saturated carbocycles. The van der Waals surface area contributed by atoms with Crippen molar-refractivity contribution < 1.29 is 14.3 Å². The van der Waals surface area contributed by atoms with E-state index in [0.29, 0.717) is 41.3 Å². The first-order chi connectivity index (χ1) is 16.7. The lowest BCUT2D eigenvalue weighted by atomic mass is 10.00. The number of aryl methyl sites for hydroxylation is 1. The molecule has 1 aromatic heterocycles. The van der Waals surface area contributed by atoms with Crippen LogP contribution in [-0.4, -0.2) is 45.4 Å². The van der Waals surface area contributed by atoms with Gasteiger partial charge in [-0.1, -0.05) is 37.6 Å². The van der Waals surface area contributed by atoms with Crippen LogP contribution in [0.3, 0.4) is 0 Å². The van der Waals surface area contributed by atoms with Gasteiger partial charge in [0.1, 0.15) is 24.2 Å². The molecule has 0 aliphatic carbocycles. The molecule has 35 heavy (non-hydrogen) atoms. The number of nitrogens with zero attached hydrogens (tertiary/aromatic N) is 4. The molecule has 0 radical (unpaired) electrons. The third kappa shape index (κ3) is 5.35. The first kappa shape index (κ1) is 24.4. The van der Waals surface area contributed by atoms with Gasteiger partial charge in [-0.25, -0.2) is 0 Å². The van der Waals surface area contributed by atoms with Crippen molar-refractivity contribution in [1.29, 1.82) is 0 Å². The molecule has 2 heterocycles. The van der Waals surface area contributed by atoms with Gasteiger partial charge in [0.25, 0.3) is 0 Å². The minimum atomic E-state index is -0.609. The molecule has 1 atom stereocenters. The van der Waals surface area contributed by atoms with E-state index >= 15 is 0 Å². The monoisotopic (exact) mass is 494 g/mol. The van der Waals surface area contributed by atoms with E-state index in [-0.39, 0.29) is 18.2 Å². The van der Waals surface area contributed by atoms with Gasteiger partial charge in [0, 0.05) is 22.1 Å². The number of hydrogen-bond acceptors (Lipinski definition) is 6. The van der Waals surface area contributed by atoms with Crippen LogP contribution in [-0.2, 0) is 9.59 Å². The maximum absolute atomic E-state index is 11.9. The Morgan fingerprint density at radius 1 is 1.17 bits per heavy atom. The molecule has 10 heteroatoms. The highest BCUT2D eigenvalue weighted by Gasteiger charge is 2.29. The van der Waals surface area contributed by atoms with Crippen molar-refractivity contribution in [2.24, 2.45) is 16.6 Å². The number of amides is 2. The minimum absolute atomic E-state index is 0.0118. The van der Waals surface area contributed by atoms with Gasteiger partial charge in [0.15, 0.2) is 5.82 Å². The predicted molar refractivity (Wildman–Crippen MR) is 133 cm³/mol. The van der Waals surface area contributed by atoms with Gasteiger partial charge in [0.05, 0.1) is 24.4 Å². The maximum atomic E-state index is 11.9. The van der Waals surface area contributed by atoms with Crippen molar-refractivity contribution in [2.45, 2.75) is 33.2 Å². The summed E-state index contributed by atoms with van der Waals surface area (Å²) in [5, 5.41) is 12.0. The molecule has 0 unspecified atom stereocenters. The molecule has 0 spiro atoms. The number of nitrogens with one attached hydrogen (secondary N) is 1. The first-order valence-electron chi connectivity index (χ1n) is 11.3. The standard InChI is InChI=1S/C25H27ClN6O3/c1-14(2)25(34)28-10-11-35-18-8-9-21-19(12-18)23(16-4-6-17(26)7-5-16)29-20(13-22(27)33)24-31-30-15(3)32(21)24/h4-9,12,14,20H,10-11,13H2,1-3H3,(H2,27,33)(H,28,34)/t20-/m0/s1. The highest BCUT2D eigenvalue weighted by Crippen LogP contribution is 2.34. The average molecular weight is 495 g/mol. The van der Waals surface area contributed by atoms with Crippen molar-refractivity contribution in [1.82, 2.24) is 20.1 Å². The highest BCUT2D eigenvalue weighted by atomic mass is 35.5. The van der Waals surface area contributed by atoms with Crippen molar-refractivity contribution in [2.75, 3.05) is 13.2 Å². The summed E-state index contributed by atoms with van der Waals surface area (Å²) in [6, 6.07) is 12.4. The Balaban J connectivity index is 1.76. The number of fused-ring (bicyclic) bond motifs is 3. The third-order valence-corrected chi connectivity index (χ3v) is 5.86. The number of benzene rings is 2. The van der Waals surface area contributed by atoms with E-state index in [0.717, 1.165) is 16.8 Å². The summed E-state index contributed by atoms with van der Waals surface area (Å²) in [5.74, 6) is 1.22. The summed E-state index contributed by atoms with van der Waals surface area (Å²) >= 11 is 6.12. The molecule has 0 fully saturated rings. The summed E-state index contributed by atoms with van der Waals surface area (Å²) in [6.45, 7) is 6.23. The van der Waals surface area contributed by atoms with Crippen LogP contribution in [0.2, 0.25) is 5.02 Å². The van der Waals surface area contributed by atoms with Gasteiger partial charge < -0.3 is 15.8 Å². The van der Waals surface area contributed by atoms with Gasteiger partial charge >= 0.3 is 0 Å². The molecular weight excluding hydrogens is 468 g/mol. The van der Waals surface area contributed by atoms with Gasteiger partial charge in [0.2, 0.25) is 11.8 Å². The summed E-state index contributed by atoms with van der Waals surface area (Å²) in [7, 11) is 0. The number of nitrogens with two attached hydrogens (primary N) is 1. The Labute approximate surface area is 208 Å². The van der Waals surface area contributed by atoms with E-state index in [9.17, 15) is 9.59 Å². The number of halogens is 1. The molecular formula is C25H27ClN6O3. The van der Waals surface area contributed by atoms with Crippen LogP contribution >= 0.6 is 11.6 Å². The van der Waals surface area contributed by atoms with Gasteiger partial charge in [-0.05, 0) is 37.3 Å². The topological polar surface area (TPSA) is 124 Å². The zero-order valence-corrected chi connectivity index (χ0v) is 20.5. The van der Waals surface area contributed by atoms with E-state index in [2.05, 4.69) is 15.5 Å². The average Bonchev–Trinajstić information content (AvgIpc) is 3.14. The fourth-order valence-electron chi connectivity index (χ4n) is 3.88. The molecule has 4 rings (SSSR count). The second kappa shape index (κ2) is 10.3. The second-order valence-corrected chi connectivity index (χ2v) is 9.02. The van der Waals surface area contributed by atoms with Crippen LogP contribution in [0.4, 0.5) is 0 Å². The summed E-state index contributed by atoms with van der Waals surface area (Å²) in [4.78, 5) is 28.6. The molecule has 1 aliphatic rings. The Hall–Kier alpha value is -3.72. The molecule has 0 bridgehead atoms. The van der Waals surface area contributed by atoms with Crippen LogP contribution in [0.1, 0.15) is 49.1 Å². The fourth-order valence-corrected chi connectivity index (χ4v) is 4.00. The predicted octanol–water partition coefficient (Wildman–Crippen LogP) is 3.15. The van der Waals surface area contributed by atoms with Crippen LogP contribution < -0.4 is 15.8 Å². The molecule has 0 saturated heterocycles. The lowest BCUT2D eigenvalue weighted by Crippen LogP contribution is -2.31. The zero-order valence-electron chi connectivity index (χ0n) is 19.8. The summed E-state index contributed by atoms with van der Waals surface area (Å²) in [6.07, 6.45) is -0.0118. The van der Waals surface area contributed by atoms with E-state index < -0.39 is 11.9 Å². The van der Waals surface area contributed by atoms with Crippen molar-refractivity contribution >= 4 is 29.1 Å². The molecule has 2 amide bonds. The quantitative estimate of drug-likeness (QED) is 0.465. The summed E-state index contributed by atoms with van der Waals surface area (Å²) in [5.41, 5.74) is 8.62. The van der Waals surface area contributed by atoms with Gasteiger partial charge in [-0.2, -0.15) is 0 Å². The number of aliphatic imine (C=N–C) groups is 1. The Morgan fingerprint density at radius 3 is 2.60 bits per heavy atom. The highest BCUT2D eigenvalue weighted by molar-refractivity contribution is 6.30. The zero-order chi connectivity index (χ0) is 25.1. The molecule has 1 aliphatic heterocycles. The minimum Gasteiger partial charge on any atom is -0.492 e. The van der Waals surface area contributed by atoms with Crippen LogP contribution in [0, 0.1) is 12.8 Å². The van der Waals surface area contributed by atoms with Crippen LogP contribution in [0.25, 0.3) is 5.69 Å². The van der Waals surface area contributed by atoms with E-state index in [1.54, 1.807) is 12.1 Å². The Bertz CT molecular complexity index is 1280. The van der Waals surface area contributed by atoms with E-state index in [4.69, 9.17) is 27.1 Å². The maximum Gasteiger partial charge on any atom is 0.222 e. The van der Waals surface area contributed by atoms with Crippen molar-refractivity contribution in [3.63, 3.8) is 0 Å². The van der Waals surface area contributed by atoms with Crippen LogP contribution in [0.5, 0.6) is 5.75 Å². The smallest absolute Gasteiger partial charge is 0.222 e. The molecule has 3 N–H and O–H groups in total. The number of carbonyl (C=O) groups is 2. The number of ether oxygens (including phenoxy) is 1. The SMILES string of the molecule is Cc1nnc2n1-c1ccc(OCCNC(=O)C(C)C)cc1C(c1ccc(Cl)cc1)=N[C@H]2CC(N)=O. The third-order valence-electron chi connectivity index (χ3n) is 5.60. The molecule has 2 aromatic carbocycles. The lowest BCUT2D eigenvalue weighted by Gasteiger charge is -2.15. The number of rotatable bonds is 8. The van der Waals surface area contributed by atoms with E-state index in [1.165, 1.54) is 0 Å². The number of primary amides is 1. The van der Waals surface area contributed by atoms with Crippen LogP contribution in [0.15, 0.2) is 47.5 Å². The first-order valence-corrected chi connectivity index (χ1v) is 11.7. The largest absolute Gasteiger partial charge is 0.492 e. The normalized spacial score (nSPS) is 14.5. The summed E-state index contributed by atoms with van der Waals surface area (Å²) < 4.78 is 7.82. The van der Waals surface area contributed by atoms with Gasteiger partial charge in [-0.3, -0.25) is 19.1 Å². The molecule has 182 valence electrons. The van der Waals surface area contributed by atoms with E-state index in [1.807, 2.05) is 55.7 Å². The Morgan fingerprint density at radius 2 is 1.91 bits per heavy atom. The number of hydrogen-bond donors (Lipinski definition) is 2.